The number of carbonyl (C=O) groups is 1. The van der Waals surface area contributed by atoms with E-state index in [4.69, 9.17) is 9.47 Å². The standard InChI is InChI=1S/C19H24N4O3S/c1-13(10-14-8-6-5-7-9-14)20-16-21-22-17(27-16)25-15-11-23(12-15)18(24)26-19(2,3)4/h5-9,15H,1,10-12H2,2-4H3,(H,20,21). The van der Waals surface area contributed by atoms with Crippen molar-refractivity contribution in [3.63, 3.8) is 0 Å². The Morgan fingerprint density at radius 1 is 1.30 bits per heavy atom. The number of rotatable bonds is 6. The average Bonchev–Trinajstić information content (AvgIpc) is 2.96. The lowest BCUT2D eigenvalue weighted by atomic mass is 10.1. The molecule has 0 bridgehead atoms. The van der Waals surface area contributed by atoms with E-state index in [1.54, 1.807) is 4.90 Å². The lowest BCUT2D eigenvalue weighted by Crippen LogP contribution is -2.57. The fraction of sp³-hybridized carbons (Fsp3) is 0.421. The number of hydrogen-bond acceptors (Lipinski definition) is 7. The predicted octanol–water partition coefficient (Wildman–Crippen LogP) is 3.70. The van der Waals surface area contributed by atoms with E-state index in [9.17, 15) is 4.79 Å². The van der Waals surface area contributed by atoms with Gasteiger partial charge in [0.15, 0.2) is 0 Å². The maximum absolute atomic E-state index is 11.9. The van der Waals surface area contributed by atoms with Crippen molar-refractivity contribution in [2.75, 3.05) is 18.4 Å². The molecule has 0 saturated carbocycles. The number of amides is 1. The molecule has 1 aromatic carbocycles. The molecule has 0 aliphatic carbocycles. The summed E-state index contributed by atoms with van der Waals surface area (Å²) in [5.74, 6) is 0. The Morgan fingerprint density at radius 2 is 2.00 bits per heavy atom. The summed E-state index contributed by atoms with van der Waals surface area (Å²) in [6, 6.07) is 10.1. The van der Waals surface area contributed by atoms with E-state index in [-0.39, 0.29) is 12.2 Å². The maximum Gasteiger partial charge on any atom is 0.410 e. The Labute approximate surface area is 163 Å². The molecule has 1 aliphatic rings. The van der Waals surface area contributed by atoms with Crippen LogP contribution in [0.4, 0.5) is 9.93 Å². The van der Waals surface area contributed by atoms with Crippen LogP contribution in [0, 0.1) is 0 Å². The van der Waals surface area contributed by atoms with Crippen LogP contribution in [-0.2, 0) is 11.2 Å². The molecule has 1 aliphatic heterocycles. The summed E-state index contributed by atoms with van der Waals surface area (Å²) in [5, 5.41) is 12.4. The van der Waals surface area contributed by atoms with Gasteiger partial charge in [0.2, 0.25) is 5.13 Å². The van der Waals surface area contributed by atoms with E-state index in [2.05, 4.69) is 34.2 Å². The van der Waals surface area contributed by atoms with Gasteiger partial charge >= 0.3 is 6.09 Å². The zero-order chi connectivity index (χ0) is 19.4. The van der Waals surface area contributed by atoms with Gasteiger partial charge in [-0.05, 0) is 37.7 Å². The second-order valence-corrected chi connectivity index (χ2v) is 8.33. The fourth-order valence-electron chi connectivity index (χ4n) is 2.48. The number of nitrogens with one attached hydrogen (secondary N) is 1. The smallest absolute Gasteiger partial charge is 0.410 e. The van der Waals surface area contributed by atoms with Crippen LogP contribution in [0.3, 0.4) is 0 Å². The number of allylic oxidation sites excluding steroid dienone is 1. The first-order chi connectivity index (χ1) is 12.8. The van der Waals surface area contributed by atoms with Crippen LogP contribution < -0.4 is 10.1 Å². The second-order valence-electron chi connectivity index (χ2n) is 7.39. The zero-order valence-electron chi connectivity index (χ0n) is 15.8. The minimum Gasteiger partial charge on any atom is -0.462 e. The van der Waals surface area contributed by atoms with Crippen LogP contribution in [0.25, 0.3) is 0 Å². The molecule has 7 nitrogen and oxygen atoms in total. The SMILES string of the molecule is C=C(Cc1ccccc1)Nc1nnc(OC2CN(C(=O)OC(C)(C)C)C2)s1. The summed E-state index contributed by atoms with van der Waals surface area (Å²) in [7, 11) is 0. The number of aromatic nitrogens is 2. The third-order valence-corrected chi connectivity index (χ3v) is 4.45. The predicted molar refractivity (Wildman–Crippen MR) is 105 cm³/mol. The van der Waals surface area contributed by atoms with Crippen LogP contribution in [0.5, 0.6) is 5.19 Å². The van der Waals surface area contributed by atoms with Gasteiger partial charge in [0.1, 0.15) is 11.7 Å². The van der Waals surface area contributed by atoms with Gasteiger partial charge in [0, 0.05) is 12.1 Å². The summed E-state index contributed by atoms with van der Waals surface area (Å²) in [6.07, 6.45) is 0.300. The second kappa shape index (κ2) is 7.96. The van der Waals surface area contributed by atoms with Gasteiger partial charge in [-0.1, -0.05) is 42.0 Å². The van der Waals surface area contributed by atoms with Crippen molar-refractivity contribution in [2.45, 2.75) is 38.9 Å². The molecule has 3 rings (SSSR count). The molecule has 2 heterocycles. The Bertz CT molecular complexity index is 795. The van der Waals surface area contributed by atoms with E-state index in [1.165, 1.54) is 16.9 Å². The first-order valence-electron chi connectivity index (χ1n) is 8.75. The van der Waals surface area contributed by atoms with Gasteiger partial charge in [-0.25, -0.2) is 4.79 Å². The molecular weight excluding hydrogens is 364 g/mol. The van der Waals surface area contributed by atoms with Crippen LogP contribution in [-0.4, -0.2) is 46.0 Å². The zero-order valence-corrected chi connectivity index (χ0v) is 16.6. The molecule has 8 heteroatoms. The number of likely N-dealkylation sites (tertiary alicyclic amines) is 1. The largest absolute Gasteiger partial charge is 0.462 e. The summed E-state index contributed by atoms with van der Waals surface area (Å²) >= 11 is 1.32. The highest BCUT2D eigenvalue weighted by molar-refractivity contribution is 7.16. The van der Waals surface area contributed by atoms with Crippen molar-refractivity contribution in [3.8, 4) is 5.19 Å². The van der Waals surface area contributed by atoms with E-state index < -0.39 is 5.60 Å². The minimum atomic E-state index is -0.495. The van der Waals surface area contributed by atoms with Gasteiger partial charge in [-0.3, -0.25) is 0 Å². The number of ether oxygens (including phenoxy) is 2. The van der Waals surface area contributed by atoms with Gasteiger partial charge in [-0.15, -0.1) is 5.10 Å². The molecule has 0 unspecified atom stereocenters. The molecule has 1 aromatic heterocycles. The molecular formula is C19H24N4O3S. The maximum atomic E-state index is 11.9. The Morgan fingerprint density at radius 3 is 2.67 bits per heavy atom. The Hall–Kier alpha value is -2.61. The highest BCUT2D eigenvalue weighted by atomic mass is 32.1. The number of anilines is 1. The first kappa shape index (κ1) is 19.2. The van der Waals surface area contributed by atoms with Crippen molar-refractivity contribution in [1.29, 1.82) is 0 Å². The van der Waals surface area contributed by atoms with Crippen LogP contribution in [0.2, 0.25) is 0 Å². The first-order valence-corrected chi connectivity index (χ1v) is 9.57. The molecule has 144 valence electrons. The van der Waals surface area contributed by atoms with Crippen LogP contribution in [0.15, 0.2) is 42.6 Å². The van der Waals surface area contributed by atoms with Crippen molar-refractivity contribution in [2.24, 2.45) is 0 Å². The van der Waals surface area contributed by atoms with E-state index >= 15 is 0 Å². The molecule has 27 heavy (non-hydrogen) atoms. The Balaban J connectivity index is 1.43. The van der Waals surface area contributed by atoms with E-state index in [0.29, 0.717) is 29.8 Å². The molecule has 1 N–H and O–H groups in total. The minimum absolute atomic E-state index is 0.0918. The van der Waals surface area contributed by atoms with Crippen molar-refractivity contribution in [1.82, 2.24) is 15.1 Å². The van der Waals surface area contributed by atoms with Crippen LogP contribution in [0.1, 0.15) is 26.3 Å². The number of hydrogen-bond donors (Lipinski definition) is 1. The van der Waals surface area contributed by atoms with Crippen molar-refractivity contribution in [3.05, 3.63) is 48.2 Å². The summed E-state index contributed by atoms with van der Waals surface area (Å²) in [6.45, 7) is 10.5. The van der Waals surface area contributed by atoms with Crippen molar-refractivity contribution >= 4 is 22.6 Å². The number of carbonyl (C=O) groups excluding carboxylic acids is 1. The molecule has 0 atom stereocenters. The van der Waals surface area contributed by atoms with E-state index in [0.717, 1.165) is 5.70 Å². The molecule has 1 saturated heterocycles. The number of benzene rings is 1. The third-order valence-electron chi connectivity index (χ3n) is 3.72. The third kappa shape index (κ3) is 5.68. The summed E-state index contributed by atoms with van der Waals surface area (Å²) in [5.41, 5.74) is 1.52. The lowest BCUT2D eigenvalue weighted by molar-refractivity contribution is -0.0223. The van der Waals surface area contributed by atoms with Gasteiger partial charge in [0.25, 0.3) is 5.19 Å². The summed E-state index contributed by atoms with van der Waals surface area (Å²) in [4.78, 5) is 13.5. The monoisotopic (exact) mass is 388 g/mol. The Kier molecular flexibility index (Phi) is 5.65. The summed E-state index contributed by atoms with van der Waals surface area (Å²) < 4.78 is 11.1. The highest BCUT2D eigenvalue weighted by Crippen LogP contribution is 2.27. The highest BCUT2D eigenvalue weighted by Gasteiger charge is 2.35. The topological polar surface area (TPSA) is 76.6 Å². The number of nitrogens with zero attached hydrogens (tertiary/aromatic N) is 3. The lowest BCUT2D eigenvalue weighted by Gasteiger charge is -2.38. The quantitative estimate of drug-likeness (QED) is 0.813. The normalized spacial score (nSPS) is 14.4. The molecule has 0 radical (unpaired) electrons. The van der Waals surface area contributed by atoms with Gasteiger partial charge in [-0.2, -0.15) is 0 Å². The van der Waals surface area contributed by atoms with Gasteiger partial charge < -0.3 is 19.7 Å². The molecule has 1 fully saturated rings. The van der Waals surface area contributed by atoms with E-state index in [1.807, 2.05) is 39.0 Å². The van der Waals surface area contributed by atoms with Crippen LogP contribution >= 0.6 is 11.3 Å². The average molecular weight is 388 g/mol. The van der Waals surface area contributed by atoms with Gasteiger partial charge in [0.05, 0.1) is 13.1 Å². The molecule has 2 aromatic rings. The molecule has 1 amide bonds. The fourth-order valence-corrected chi connectivity index (χ4v) is 3.18. The molecule has 0 spiro atoms. The van der Waals surface area contributed by atoms with Crippen molar-refractivity contribution < 1.29 is 14.3 Å².